The Morgan fingerprint density at radius 3 is 2.25 bits per heavy atom. The molecule has 0 amide bonds. The molecule has 0 spiro atoms. The van der Waals surface area contributed by atoms with E-state index in [-0.39, 0.29) is 0 Å². The van der Waals surface area contributed by atoms with Crippen molar-refractivity contribution >= 4 is 0 Å². The Bertz CT molecular complexity index is 534. The van der Waals surface area contributed by atoms with Crippen molar-refractivity contribution in [3.05, 3.63) is 71.8 Å². The van der Waals surface area contributed by atoms with E-state index in [1.807, 2.05) is 48.5 Å². The van der Waals surface area contributed by atoms with Crippen LogP contribution in [0.2, 0.25) is 0 Å². The normalized spacial score (nSPS) is 9.80. The first-order valence-corrected chi connectivity index (χ1v) is 7.11. The van der Waals surface area contributed by atoms with E-state index in [4.69, 9.17) is 4.74 Å². The van der Waals surface area contributed by atoms with Gasteiger partial charge in [-0.05, 0) is 30.5 Å². The molecule has 0 aliphatic heterocycles. The van der Waals surface area contributed by atoms with Crippen molar-refractivity contribution in [3.8, 4) is 11.8 Å². The van der Waals surface area contributed by atoms with Crippen LogP contribution in [-0.2, 0) is 11.3 Å². The van der Waals surface area contributed by atoms with Crippen molar-refractivity contribution in [1.82, 2.24) is 0 Å². The average molecular weight is 264 g/mol. The minimum Gasteiger partial charge on any atom is -0.377 e. The lowest BCUT2D eigenvalue weighted by molar-refractivity contribution is 0.117. The van der Waals surface area contributed by atoms with Crippen molar-refractivity contribution in [1.29, 1.82) is 0 Å². The van der Waals surface area contributed by atoms with E-state index in [0.29, 0.717) is 6.61 Å². The molecule has 2 aromatic carbocycles. The largest absolute Gasteiger partial charge is 0.377 e. The molecule has 2 aromatic rings. The Hall–Kier alpha value is -2.04. The molecule has 0 atom stereocenters. The molecule has 0 saturated carbocycles. The molecule has 1 heteroatoms. The number of hydrogen-bond donors (Lipinski definition) is 0. The van der Waals surface area contributed by atoms with Crippen molar-refractivity contribution < 1.29 is 4.74 Å². The van der Waals surface area contributed by atoms with Gasteiger partial charge < -0.3 is 4.74 Å². The van der Waals surface area contributed by atoms with Gasteiger partial charge in [0.05, 0.1) is 6.61 Å². The zero-order valence-corrected chi connectivity index (χ0v) is 11.7. The topological polar surface area (TPSA) is 9.23 Å². The zero-order chi connectivity index (χ0) is 13.9. The second-order valence-electron chi connectivity index (χ2n) is 4.66. The third-order valence-electron chi connectivity index (χ3n) is 2.96. The third-order valence-corrected chi connectivity index (χ3v) is 2.96. The molecule has 1 nitrogen and oxygen atoms in total. The highest BCUT2D eigenvalue weighted by molar-refractivity contribution is 5.33. The fourth-order valence-electron chi connectivity index (χ4n) is 1.87. The van der Waals surface area contributed by atoms with Crippen molar-refractivity contribution in [2.45, 2.75) is 25.9 Å². The van der Waals surface area contributed by atoms with E-state index in [1.165, 1.54) is 5.56 Å². The molecule has 0 aliphatic carbocycles. The first-order chi connectivity index (χ1) is 9.95. The van der Waals surface area contributed by atoms with E-state index in [2.05, 4.69) is 24.0 Å². The van der Waals surface area contributed by atoms with Gasteiger partial charge >= 0.3 is 0 Å². The number of ether oxygens (including phenoxy) is 1. The number of unbranched alkanes of at least 4 members (excludes halogenated alkanes) is 2. The van der Waals surface area contributed by atoms with Gasteiger partial charge in [-0.2, -0.15) is 0 Å². The fraction of sp³-hybridized carbons (Fsp3) is 0.263. The molecule has 0 radical (unpaired) electrons. The summed E-state index contributed by atoms with van der Waals surface area (Å²) in [5.74, 6) is 6.38. The quantitative estimate of drug-likeness (QED) is 0.554. The Labute approximate surface area is 121 Å². The molecule has 0 aliphatic rings. The van der Waals surface area contributed by atoms with Crippen LogP contribution in [0.25, 0.3) is 0 Å². The van der Waals surface area contributed by atoms with Gasteiger partial charge in [-0.3, -0.25) is 0 Å². The predicted molar refractivity (Wildman–Crippen MR) is 83.3 cm³/mol. The van der Waals surface area contributed by atoms with Crippen LogP contribution < -0.4 is 0 Å². The summed E-state index contributed by atoms with van der Waals surface area (Å²) in [4.78, 5) is 0. The molecule has 0 bridgehead atoms. The molecule has 0 unspecified atom stereocenters. The summed E-state index contributed by atoms with van der Waals surface area (Å²) in [6.45, 7) is 1.51. The Kier molecular flexibility index (Phi) is 6.44. The molecule has 0 saturated heterocycles. The highest BCUT2D eigenvalue weighted by atomic mass is 16.5. The second kappa shape index (κ2) is 8.96. The van der Waals surface area contributed by atoms with Gasteiger partial charge in [-0.15, -0.1) is 0 Å². The first kappa shape index (κ1) is 14.4. The van der Waals surface area contributed by atoms with Gasteiger partial charge in [0.2, 0.25) is 0 Å². The first-order valence-electron chi connectivity index (χ1n) is 7.11. The maximum atomic E-state index is 5.64. The molecular weight excluding hydrogens is 244 g/mol. The highest BCUT2D eigenvalue weighted by Gasteiger charge is 1.91. The summed E-state index contributed by atoms with van der Waals surface area (Å²) in [7, 11) is 0. The van der Waals surface area contributed by atoms with Crippen molar-refractivity contribution in [2.75, 3.05) is 6.61 Å². The lowest BCUT2D eigenvalue weighted by atomic mass is 10.2. The van der Waals surface area contributed by atoms with Gasteiger partial charge in [0.15, 0.2) is 0 Å². The van der Waals surface area contributed by atoms with Crippen LogP contribution in [0.1, 0.15) is 30.4 Å². The fourth-order valence-corrected chi connectivity index (χ4v) is 1.87. The molecule has 20 heavy (non-hydrogen) atoms. The molecular formula is C19H20O. The van der Waals surface area contributed by atoms with Crippen LogP contribution in [0, 0.1) is 11.8 Å². The van der Waals surface area contributed by atoms with Crippen LogP contribution in [0.15, 0.2) is 60.7 Å². The van der Waals surface area contributed by atoms with Crippen LogP contribution in [0.4, 0.5) is 0 Å². The van der Waals surface area contributed by atoms with Crippen LogP contribution in [-0.4, -0.2) is 6.61 Å². The number of benzene rings is 2. The standard InChI is InChI=1S/C19H20O/c1(5-11-18-12-6-3-7-13-18)2-10-16-20-17-19-14-8-4-9-15-19/h3-4,6-9,12-15H,1-2,10,16-17H2. The number of rotatable bonds is 6. The molecule has 0 fully saturated rings. The van der Waals surface area contributed by atoms with Crippen molar-refractivity contribution in [2.24, 2.45) is 0 Å². The van der Waals surface area contributed by atoms with E-state index >= 15 is 0 Å². The van der Waals surface area contributed by atoms with Gasteiger partial charge in [-0.25, -0.2) is 0 Å². The molecule has 102 valence electrons. The summed E-state index contributed by atoms with van der Waals surface area (Å²) in [6.07, 6.45) is 3.09. The molecule has 0 aromatic heterocycles. The molecule has 0 N–H and O–H groups in total. The van der Waals surface area contributed by atoms with Crippen LogP contribution >= 0.6 is 0 Å². The minimum atomic E-state index is 0.705. The summed E-state index contributed by atoms with van der Waals surface area (Å²) in [5.41, 5.74) is 2.32. The van der Waals surface area contributed by atoms with Gasteiger partial charge in [0.25, 0.3) is 0 Å². The maximum absolute atomic E-state index is 5.64. The van der Waals surface area contributed by atoms with E-state index in [0.717, 1.165) is 31.4 Å². The summed E-state index contributed by atoms with van der Waals surface area (Å²) in [5, 5.41) is 0. The van der Waals surface area contributed by atoms with Gasteiger partial charge in [-0.1, -0.05) is 60.4 Å². The molecule has 0 heterocycles. The Morgan fingerprint density at radius 1 is 0.800 bits per heavy atom. The maximum Gasteiger partial charge on any atom is 0.0716 e. The lowest BCUT2D eigenvalue weighted by Crippen LogP contribution is -1.95. The smallest absolute Gasteiger partial charge is 0.0716 e. The molecule has 2 rings (SSSR count). The average Bonchev–Trinajstić information content (AvgIpc) is 2.52. The summed E-state index contributed by atoms with van der Waals surface area (Å²) >= 11 is 0. The zero-order valence-electron chi connectivity index (χ0n) is 11.7. The minimum absolute atomic E-state index is 0.705. The van der Waals surface area contributed by atoms with E-state index in [1.54, 1.807) is 0 Å². The SMILES string of the molecule is C(#Cc1ccccc1)CCCCOCc1ccccc1. The van der Waals surface area contributed by atoms with Gasteiger partial charge in [0, 0.05) is 18.6 Å². The Balaban J connectivity index is 1.53. The van der Waals surface area contributed by atoms with E-state index < -0.39 is 0 Å². The van der Waals surface area contributed by atoms with Crippen LogP contribution in [0.5, 0.6) is 0 Å². The Morgan fingerprint density at radius 2 is 1.50 bits per heavy atom. The number of hydrogen-bond acceptors (Lipinski definition) is 1. The van der Waals surface area contributed by atoms with Crippen molar-refractivity contribution in [3.63, 3.8) is 0 Å². The monoisotopic (exact) mass is 264 g/mol. The lowest BCUT2D eigenvalue weighted by Gasteiger charge is -2.03. The highest BCUT2D eigenvalue weighted by Crippen LogP contribution is 2.02. The second-order valence-corrected chi connectivity index (χ2v) is 4.66. The van der Waals surface area contributed by atoms with E-state index in [9.17, 15) is 0 Å². The third kappa shape index (κ3) is 5.73. The van der Waals surface area contributed by atoms with Gasteiger partial charge in [0.1, 0.15) is 0 Å². The summed E-state index contributed by atoms with van der Waals surface area (Å²) in [6, 6.07) is 20.4. The van der Waals surface area contributed by atoms with Crippen LogP contribution in [0.3, 0.4) is 0 Å². The predicted octanol–water partition coefficient (Wildman–Crippen LogP) is 4.43. The summed E-state index contributed by atoms with van der Waals surface area (Å²) < 4.78 is 5.64.